The number of pyridine rings is 1. The second-order valence-corrected chi connectivity index (χ2v) is 6.84. The first-order chi connectivity index (χ1) is 13.2. The Labute approximate surface area is 155 Å². The predicted molar refractivity (Wildman–Crippen MR) is 101 cm³/mol. The lowest BCUT2D eigenvalue weighted by molar-refractivity contribution is 0.180. The van der Waals surface area contributed by atoms with Crippen molar-refractivity contribution in [3.05, 3.63) is 47.8 Å². The molecule has 5 rings (SSSR count). The van der Waals surface area contributed by atoms with Gasteiger partial charge < -0.3 is 9.84 Å². The van der Waals surface area contributed by atoms with Gasteiger partial charge in [-0.1, -0.05) is 18.2 Å². The molecule has 1 aliphatic carbocycles. The number of fused-ring (bicyclic) bond motifs is 2. The molecule has 1 aliphatic rings. The van der Waals surface area contributed by atoms with Crippen LogP contribution in [0.5, 0.6) is 5.75 Å². The van der Waals surface area contributed by atoms with E-state index in [1.54, 1.807) is 18.0 Å². The van der Waals surface area contributed by atoms with E-state index in [2.05, 4.69) is 15.3 Å². The van der Waals surface area contributed by atoms with Crippen molar-refractivity contribution in [1.29, 1.82) is 0 Å². The second-order valence-electron chi connectivity index (χ2n) is 6.84. The van der Waals surface area contributed by atoms with Crippen LogP contribution in [-0.4, -0.2) is 37.2 Å². The molecule has 0 bridgehead atoms. The third kappa shape index (κ3) is 2.43. The highest BCUT2D eigenvalue weighted by atomic mass is 16.5. The number of benzene rings is 1. The number of rotatable bonds is 3. The van der Waals surface area contributed by atoms with Gasteiger partial charge in [-0.2, -0.15) is 10.2 Å². The molecule has 136 valence electrons. The van der Waals surface area contributed by atoms with Crippen LogP contribution in [0.3, 0.4) is 0 Å². The molecule has 1 unspecified atom stereocenters. The fourth-order valence-electron chi connectivity index (χ4n) is 3.88. The van der Waals surface area contributed by atoms with Crippen LogP contribution in [0.25, 0.3) is 33.5 Å². The summed E-state index contributed by atoms with van der Waals surface area (Å²) in [6, 6.07) is 7.92. The van der Waals surface area contributed by atoms with Crippen molar-refractivity contribution in [2.45, 2.75) is 18.9 Å². The summed E-state index contributed by atoms with van der Waals surface area (Å²) >= 11 is 0. The number of hydrogen-bond donors (Lipinski definition) is 2. The molecule has 2 N–H and O–H groups in total. The normalized spacial score (nSPS) is 16.0. The van der Waals surface area contributed by atoms with E-state index in [1.807, 2.05) is 37.5 Å². The van der Waals surface area contributed by atoms with Crippen LogP contribution in [0.4, 0.5) is 0 Å². The quantitative estimate of drug-likeness (QED) is 0.585. The number of hydrogen-bond acceptors (Lipinski definition) is 5. The Hall–Kier alpha value is -3.19. The number of nitrogens with zero attached hydrogens (tertiary/aromatic N) is 4. The molecule has 4 aromatic rings. The number of ether oxygens (including phenoxy) is 1. The number of aryl methyl sites for hydroxylation is 1. The zero-order valence-corrected chi connectivity index (χ0v) is 15.1. The predicted octanol–water partition coefficient (Wildman–Crippen LogP) is 3.01. The summed E-state index contributed by atoms with van der Waals surface area (Å²) in [5, 5.41) is 21.9. The van der Waals surface area contributed by atoms with Gasteiger partial charge in [0.2, 0.25) is 0 Å². The lowest BCUT2D eigenvalue weighted by atomic mass is 9.99. The summed E-state index contributed by atoms with van der Waals surface area (Å²) in [6.07, 6.45) is 4.85. The summed E-state index contributed by atoms with van der Waals surface area (Å²) in [5.74, 6) is 0.679. The lowest BCUT2D eigenvalue weighted by Crippen LogP contribution is -1.97. The molecule has 0 aliphatic heterocycles. The zero-order valence-electron chi connectivity index (χ0n) is 15.1. The van der Waals surface area contributed by atoms with E-state index >= 15 is 0 Å². The molecule has 3 aromatic heterocycles. The highest BCUT2D eigenvalue weighted by molar-refractivity contribution is 5.92. The van der Waals surface area contributed by atoms with Gasteiger partial charge in [-0.3, -0.25) is 9.78 Å². The SMILES string of the molecule is COc1cc2[nH]nc(-c3cnn(C)c3)c2nc1-c1cccc2c1CCC2O. The van der Waals surface area contributed by atoms with Gasteiger partial charge in [0, 0.05) is 30.4 Å². The van der Waals surface area contributed by atoms with E-state index in [1.165, 1.54) is 0 Å². The first-order valence-electron chi connectivity index (χ1n) is 8.88. The molecule has 1 atom stereocenters. The van der Waals surface area contributed by atoms with Crippen LogP contribution in [0.15, 0.2) is 36.7 Å². The highest BCUT2D eigenvalue weighted by Gasteiger charge is 2.25. The van der Waals surface area contributed by atoms with Crippen LogP contribution < -0.4 is 4.74 Å². The second kappa shape index (κ2) is 5.92. The van der Waals surface area contributed by atoms with E-state index in [0.717, 1.165) is 57.5 Å². The first-order valence-corrected chi connectivity index (χ1v) is 8.88. The van der Waals surface area contributed by atoms with E-state index in [9.17, 15) is 5.11 Å². The zero-order chi connectivity index (χ0) is 18.5. The standard InChI is InChI=1S/C20H19N5O2/c1-25-10-11(9-21-25)18-20-15(23-24-18)8-17(27-2)19(22-20)14-5-3-4-13-12(14)6-7-16(13)26/h3-5,8-10,16,26H,6-7H2,1-2H3,(H,23,24). The van der Waals surface area contributed by atoms with Crippen LogP contribution >= 0.6 is 0 Å². The number of H-pyrrole nitrogens is 1. The van der Waals surface area contributed by atoms with E-state index in [4.69, 9.17) is 9.72 Å². The summed E-state index contributed by atoms with van der Waals surface area (Å²) in [4.78, 5) is 4.93. The number of aromatic nitrogens is 5. The van der Waals surface area contributed by atoms with E-state index < -0.39 is 6.10 Å². The Balaban J connectivity index is 1.75. The minimum atomic E-state index is -0.408. The Morgan fingerprint density at radius 1 is 1.30 bits per heavy atom. The van der Waals surface area contributed by atoms with Gasteiger partial charge in [0.1, 0.15) is 22.7 Å². The Bertz CT molecular complexity index is 1160. The minimum Gasteiger partial charge on any atom is -0.494 e. The Kier molecular flexibility index (Phi) is 3.51. The minimum absolute atomic E-state index is 0.408. The van der Waals surface area contributed by atoms with Crippen molar-refractivity contribution >= 4 is 11.0 Å². The van der Waals surface area contributed by atoms with Crippen LogP contribution in [-0.2, 0) is 13.5 Å². The number of aromatic amines is 1. The summed E-state index contributed by atoms with van der Waals surface area (Å²) < 4.78 is 7.37. The van der Waals surface area contributed by atoms with E-state index in [-0.39, 0.29) is 0 Å². The highest BCUT2D eigenvalue weighted by Crippen LogP contribution is 2.41. The maximum absolute atomic E-state index is 10.2. The van der Waals surface area contributed by atoms with Crippen molar-refractivity contribution in [2.24, 2.45) is 7.05 Å². The molecule has 7 heteroatoms. The molecule has 0 saturated carbocycles. The van der Waals surface area contributed by atoms with Crippen molar-refractivity contribution in [3.63, 3.8) is 0 Å². The molecular formula is C20H19N5O2. The van der Waals surface area contributed by atoms with Crippen molar-refractivity contribution in [2.75, 3.05) is 7.11 Å². The van der Waals surface area contributed by atoms with Gasteiger partial charge in [0.05, 0.1) is 24.9 Å². The molecule has 0 spiro atoms. The first kappa shape index (κ1) is 16.0. The molecule has 1 aromatic carbocycles. The Morgan fingerprint density at radius 3 is 2.96 bits per heavy atom. The van der Waals surface area contributed by atoms with Crippen molar-refractivity contribution in [3.8, 4) is 28.3 Å². The molecule has 0 radical (unpaired) electrons. The molecule has 0 amide bonds. The van der Waals surface area contributed by atoms with Crippen LogP contribution in [0.2, 0.25) is 0 Å². The maximum Gasteiger partial charge on any atom is 0.147 e. The van der Waals surface area contributed by atoms with E-state index in [0.29, 0.717) is 5.75 Å². The summed E-state index contributed by atoms with van der Waals surface area (Å²) in [6.45, 7) is 0. The molecular weight excluding hydrogens is 342 g/mol. The third-order valence-electron chi connectivity index (χ3n) is 5.19. The molecule has 0 fully saturated rings. The molecule has 27 heavy (non-hydrogen) atoms. The fraction of sp³-hybridized carbons (Fsp3) is 0.250. The number of aliphatic hydroxyl groups is 1. The molecule has 3 heterocycles. The van der Waals surface area contributed by atoms with Gasteiger partial charge >= 0.3 is 0 Å². The fourth-order valence-corrected chi connectivity index (χ4v) is 3.88. The number of nitrogens with one attached hydrogen (secondary N) is 1. The van der Waals surface area contributed by atoms with Gasteiger partial charge in [-0.15, -0.1) is 0 Å². The van der Waals surface area contributed by atoms with Gasteiger partial charge in [0.15, 0.2) is 0 Å². The van der Waals surface area contributed by atoms with Gasteiger partial charge in [0.25, 0.3) is 0 Å². The monoisotopic (exact) mass is 361 g/mol. The third-order valence-corrected chi connectivity index (χ3v) is 5.19. The van der Waals surface area contributed by atoms with Crippen LogP contribution in [0, 0.1) is 0 Å². The average Bonchev–Trinajstić information content (AvgIpc) is 3.39. The lowest BCUT2D eigenvalue weighted by Gasteiger charge is -2.12. The Morgan fingerprint density at radius 2 is 2.19 bits per heavy atom. The van der Waals surface area contributed by atoms with Gasteiger partial charge in [-0.25, -0.2) is 4.98 Å². The molecule has 0 saturated heterocycles. The van der Waals surface area contributed by atoms with Crippen molar-refractivity contribution in [1.82, 2.24) is 25.0 Å². The van der Waals surface area contributed by atoms with Crippen LogP contribution in [0.1, 0.15) is 23.7 Å². The summed E-state index contributed by atoms with van der Waals surface area (Å²) in [5.41, 5.74) is 7.13. The van der Waals surface area contributed by atoms with Gasteiger partial charge in [-0.05, 0) is 24.0 Å². The average molecular weight is 361 g/mol. The number of aliphatic hydroxyl groups excluding tert-OH is 1. The number of methoxy groups -OCH3 is 1. The smallest absolute Gasteiger partial charge is 0.147 e. The van der Waals surface area contributed by atoms with Crippen molar-refractivity contribution < 1.29 is 9.84 Å². The summed E-state index contributed by atoms with van der Waals surface area (Å²) in [7, 11) is 3.52. The molecule has 7 nitrogen and oxygen atoms in total. The largest absolute Gasteiger partial charge is 0.494 e. The maximum atomic E-state index is 10.2. The topological polar surface area (TPSA) is 88.9 Å².